The van der Waals surface area contributed by atoms with Crippen molar-refractivity contribution in [1.82, 2.24) is 14.9 Å². The summed E-state index contributed by atoms with van der Waals surface area (Å²) >= 11 is 0. The number of aryl methyl sites for hydroxylation is 2. The number of fused-ring (bicyclic) bond motifs is 3. The maximum absolute atomic E-state index is 14.1. The number of rotatable bonds is 5. The summed E-state index contributed by atoms with van der Waals surface area (Å²) in [5.74, 6) is -8.22. The SMILES string of the molecule is Cc1ncc(C(=O)Nc2cc(N(C)C)c3c(c2O)C(O)=C2C(=O)[C@]4(O)C(O)=C(C(N)=O)C(=O)[C@@H](N(C)C)C4CC2C3)nc1C. The Labute approximate surface area is 252 Å². The van der Waals surface area contributed by atoms with Gasteiger partial charge in [-0.3, -0.25) is 29.1 Å². The van der Waals surface area contributed by atoms with Crippen LogP contribution in [0.5, 0.6) is 5.75 Å². The van der Waals surface area contributed by atoms with Gasteiger partial charge in [0.2, 0.25) is 5.78 Å². The largest absolute Gasteiger partial charge is 0.508 e. The molecule has 0 spiro atoms. The van der Waals surface area contributed by atoms with E-state index < -0.39 is 69.7 Å². The number of aromatic nitrogens is 2. The molecule has 1 aromatic heterocycles. The van der Waals surface area contributed by atoms with Gasteiger partial charge in [0.25, 0.3) is 11.8 Å². The number of ketones is 2. The molecule has 2 aromatic rings. The van der Waals surface area contributed by atoms with Gasteiger partial charge in [-0.1, -0.05) is 0 Å². The number of phenols is 1. The molecular formula is C30H34N6O8. The topological polar surface area (TPSA) is 220 Å². The number of primary amides is 1. The third-order valence-corrected chi connectivity index (χ3v) is 8.85. The molecule has 5 rings (SSSR count). The van der Waals surface area contributed by atoms with Gasteiger partial charge < -0.3 is 36.4 Å². The van der Waals surface area contributed by atoms with Crippen molar-refractivity contribution in [2.24, 2.45) is 17.6 Å². The third-order valence-electron chi connectivity index (χ3n) is 8.85. The van der Waals surface area contributed by atoms with Crippen molar-refractivity contribution < 1.29 is 39.6 Å². The van der Waals surface area contributed by atoms with Crippen molar-refractivity contribution in [3.8, 4) is 5.75 Å². The van der Waals surface area contributed by atoms with E-state index in [0.29, 0.717) is 22.6 Å². The van der Waals surface area contributed by atoms with E-state index >= 15 is 0 Å². The highest BCUT2D eigenvalue weighted by molar-refractivity contribution is 6.24. The number of nitrogens with one attached hydrogen (secondary N) is 1. The number of anilines is 2. The minimum atomic E-state index is -2.75. The number of hydrogen-bond donors (Lipinski definition) is 6. The molecule has 2 amide bonds. The second kappa shape index (κ2) is 10.4. The van der Waals surface area contributed by atoms with Gasteiger partial charge in [0.05, 0.1) is 34.9 Å². The van der Waals surface area contributed by atoms with E-state index in [0.717, 1.165) is 0 Å². The smallest absolute Gasteiger partial charge is 0.275 e. The lowest BCUT2D eigenvalue weighted by atomic mass is 9.57. The van der Waals surface area contributed by atoms with Crippen molar-refractivity contribution in [2.75, 3.05) is 38.4 Å². The Morgan fingerprint density at radius 1 is 1.09 bits per heavy atom. The number of aliphatic hydroxyl groups is 3. The molecule has 0 radical (unpaired) electrons. The lowest BCUT2D eigenvalue weighted by Gasteiger charge is -2.50. The van der Waals surface area contributed by atoms with E-state index in [4.69, 9.17) is 5.73 Å². The van der Waals surface area contributed by atoms with Crippen molar-refractivity contribution in [1.29, 1.82) is 0 Å². The number of likely N-dealkylation sites (N-methyl/N-ethyl adjacent to an activating group) is 1. The summed E-state index contributed by atoms with van der Waals surface area (Å²) in [5.41, 5.74) is 3.37. The number of benzene rings is 1. The van der Waals surface area contributed by atoms with Crippen LogP contribution >= 0.6 is 0 Å². The normalized spacial score (nSPS) is 24.6. The highest BCUT2D eigenvalue weighted by atomic mass is 16.3. The Hall–Kier alpha value is -4.82. The number of Topliss-reactive ketones (excluding diaryl/α,β-unsaturated/α-hetero) is 2. The fourth-order valence-corrected chi connectivity index (χ4v) is 6.62. The molecule has 44 heavy (non-hydrogen) atoms. The van der Waals surface area contributed by atoms with Crippen molar-refractivity contribution in [3.63, 3.8) is 0 Å². The fraction of sp³-hybridized carbons (Fsp3) is 0.400. The van der Waals surface area contributed by atoms with Crippen molar-refractivity contribution >= 4 is 40.5 Å². The van der Waals surface area contributed by atoms with Crippen LogP contribution in [0.1, 0.15) is 39.4 Å². The molecule has 3 aliphatic carbocycles. The predicted octanol–water partition coefficient (Wildman–Crippen LogP) is 0.689. The van der Waals surface area contributed by atoms with Gasteiger partial charge in [-0.2, -0.15) is 0 Å². The Morgan fingerprint density at radius 2 is 1.75 bits per heavy atom. The van der Waals surface area contributed by atoms with Crippen LogP contribution in [0, 0.1) is 25.7 Å². The second-order valence-electron chi connectivity index (χ2n) is 11.9. The molecule has 1 fully saturated rings. The van der Waals surface area contributed by atoms with Crippen LogP contribution in [0.4, 0.5) is 11.4 Å². The molecule has 2 unspecified atom stereocenters. The molecule has 1 heterocycles. The lowest BCUT2D eigenvalue weighted by molar-refractivity contribution is -0.153. The van der Waals surface area contributed by atoms with E-state index in [2.05, 4.69) is 15.3 Å². The first-order chi connectivity index (χ1) is 20.5. The second-order valence-corrected chi connectivity index (χ2v) is 11.9. The Kier molecular flexibility index (Phi) is 7.25. The average molecular weight is 607 g/mol. The zero-order valence-electron chi connectivity index (χ0n) is 25.1. The number of aliphatic hydroxyl groups excluding tert-OH is 2. The Balaban J connectivity index is 1.68. The monoisotopic (exact) mass is 606 g/mol. The molecule has 7 N–H and O–H groups in total. The highest BCUT2D eigenvalue weighted by Crippen LogP contribution is 2.54. The quantitative estimate of drug-likeness (QED) is 0.205. The van der Waals surface area contributed by atoms with Crippen molar-refractivity contribution in [3.05, 3.63) is 57.4 Å². The first kappa shape index (κ1) is 30.6. The van der Waals surface area contributed by atoms with Crippen molar-refractivity contribution in [2.45, 2.75) is 38.3 Å². The predicted molar refractivity (Wildman–Crippen MR) is 158 cm³/mol. The molecule has 232 valence electrons. The molecular weight excluding hydrogens is 572 g/mol. The van der Waals surface area contributed by atoms with Crippen LogP contribution in [0.25, 0.3) is 5.76 Å². The van der Waals surface area contributed by atoms with Gasteiger partial charge >= 0.3 is 0 Å². The van der Waals surface area contributed by atoms with Crippen LogP contribution in [0.3, 0.4) is 0 Å². The van der Waals surface area contributed by atoms with Crippen LogP contribution < -0.4 is 16.0 Å². The van der Waals surface area contributed by atoms with Crippen LogP contribution in [-0.2, 0) is 20.8 Å². The number of amides is 2. The molecule has 14 nitrogen and oxygen atoms in total. The maximum Gasteiger partial charge on any atom is 0.275 e. The van der Waals surface area contributed by atoms with Gasteiger partial charge in [0.15, 0.2) is 11.4 Å². The van der Waals surface area contributed by atoms with Gasteiger partial charge in [-0.05, 0) is 58.3 Å². The summed E-state index contributed by atoms with van der Waals surface area (Å²) in [6.07, 6.45) is 1.36. The summed E-state index contributed by atoms with van der Waals surface area (Å²) in [6, 6.07) is 0.348. The summed E-state index contributed by atoms with van der Waals surface area (Å²) in [5, 5.41) is 48.4. The number of carbonyl (C=O) groups excluding carboxylic acids is 4. The van der Waals surface area contributed by atoms with Crippen LogP contribution in [-0.4, -0.2) is 98.5 Å². The van der Waals surface area contributed by atoms with Crippen LogP contribution in [0.2, 0.25) is 0 Å². The minimum Gasteiger partial charge on any atom is -0.508 e. The summed E-state index contributed by atoms with van der Waals surface area (Å²) in [6.45, 7) is 3.44. The number of nitrogens with zero attached hydrogens (tertiary/aromatic N) is 4. The van der Waals surface area contributed by atoms with E-state index in [1.165, 1.54) is 31.3 Å². The number of hydrogen-bond acceptors (Lipinski definition) is 12. The summed E-state index contributed by atoms with van der Waals surface area (Å²) in [4.78, 5) is 64.2. The zero-order valence-corrected chi connectivity index (χ0v) is 25.1. The molecule has 4 atom stereocenters. The average Bonchev–Trinajstić information content (AvgIpc) is 2.93. The Bertz CT molecular complexity index is 1730. The maximum atomic E-state index is 14.1. The van der Waals surface area contributed by atoms with Gasteiger partial charge in [-0.25, -0.2) is 4.98 Å². The van der Waals surface area contributed by atoms with E-state index in [1.54, 1.807) is 32.8 Å². The molecule has 0 saturated heterocycles. The van der Waals surface area contributed by atoms with Gasteiger partial charge in [0, 0.05) is 31.3 Å². The molecule has 1 aromatic carbocycles. The highest BCUT2D eigenvalue weighted by Gasteiger charge is 2.64. The number of aromatic hydroxyl groups is 1. The van der Waals surface area contributed by atoms with E-state index in [1.807, 2.05) is 0 Å². The molecule has 3 aliphatic rings. The standard InChI is InChI=1S/C30H34N6O8/c1-11-12(2)33-17(10-32-11)29(43)34-16-9-18(35(3)4)14-7-13-8-15-22(36(5)6)25(39)21(28(31)42)27(41)30(15,44)26(40)19(13)24(38)20(14)23(16)37/h9-10,13,15,22,37-38,41,44H,7-8H2,1-6H3,(H2,31,42)(H,34,43)/t13?,15?,22-,30-/m0/s1. The fourth-order valence-electron chi connectivity index (χ4n) is 6.62. The molecule has 0 aliphatic heterocycles. The molecule has 0 bridgehead atoms. The summed E-state index contributed by atoms with van der Waals surface area (Å²) in [7, 11) is 6.53. The van der Waals surface area contributed by atoms with Gasteiger partial charge in [0.1, 0.15) is 28.5 Å². The van der Waals surface area contributed by atoms with Gasteiger partial charge in [-0.15, -0.1) is 0 Å². The molecule has 14 heteroatoms. The number of phenolic OH excluding ortho intramolecular Hbond substituents is 1. The van der Waals surface area contributed by atoms with Crippen LogP contribution in [0.15, 0.2) is 29.2 Å². The third kappa shape index (κ3) is 4.32. The summed E-state index contributed by atoms with van der Waals surface area (Å²) < 4.78 is 0. The lowest BCUT2D eigenvalue weighted by Crippen LogP contribution is -2.65. The number of nitrogens with two attached hydrogens (primary N) is 1. The van der Waals surface area contributed by atoms with E-state index in [-0.39, 0.29) is 35.4 Å². The molecule has 1 saturated carbocycles. The number of carbonyl (C=O) groups is 4. The van der Waals surface area contributed by atoms with E-state index in [9.17, 15) is 39.6 Å². The first-order valence-corrected chi connectivity index (χ1v) is 13.8. The zero-order chi connectivity index (χ0) is 32.6. The Morgan fingerprint density at radius 3 is 2.32 bits per heavy atom. The minimum absolute atomic E-state index is 0.00945. The first-order valence-electron chi connectivity index (χ1n) is 13.8.